The summed E-state index contributed by atoms with van der Waals surface area (Å²) in [5, 5.41) is 0. The van der Waals surface area contributed by atoms with Crippen molar-refractivity contribution < 1.29 is 27.5 Å². The second-order valence-corrected chi connectivity index (χ2v) is 10.5. The van der Waals surface area contributed by atoms with E-state index in [9.17, 15) is 18.0 Å². The molecule has 0 aliphatic heterocycles. The van der Waals surface area contributed by atoms with Gasteiger partial charge in [-0.15, -0.1) is 0 Å². The molecule has 0 spiro atoms. The first-order valence-electron chi connectivity index (χ1n) is 10.9. The van der Waals surface area contributed by atoms with E-state index in [0.29, 0.717) is 12.0 Å². The van der Waals surface area contributed by atoms with Crippen LogP contribution in [0.2, 0.25) is 0 Å². The van der Waals surface area contributed by atoms with Crippen molar-refractivity contribution in [3.8, 4) is 11.8 Å². The van der Waals surface area contributed by atoms with Crippen molar-refractivity contribution >= 4 is 22.0 Å². The van der Waals surface area contributed by atoms with E-state index in [1.165, 1.54) is 19.2 Å². The largest absolute Gasteiger partial charge is 0.469 e. The smallest absolute Gasteiger partial charge is 0.321 e. The molecule has 34 heavy (non-hydrogen) atoms. The van der Waals surface area contributed by atoms with Crippen LogP contribution < -0.4 is 4.72 Å². The van der Waals surface area contributed by atoms with Gasteiger partial charge in [-0.3, -0.25) is 9.59 Å². The third kappa shape index (κ3) is 9.38. The lowest BCUT2D eigenvalue weighted by Crippen LogP contribution is -2.34. The lowest BCUT2D eigenvalue weighted by molar-refractivity contribution is -0.153. The van der Waals surface area contributed by atoms with E-state index in [2.05, 4.69) is 16.6 Å². The highest BCUT2D eigenvalue weighted by atomic mass is 32.2. The van der Waals surface area contributed by atoms with Crippen molar-refractivity contribution in [2.24, 2.45) is 5.92 Å². The van der Waals surface area contributed by atoms with Crippen LogP contribution in [0.25, 0.3) is 0 Å². The zero-order chi connectivity index (χ0) is 25.2. The van der Waals surface area contributed by atoms with Gasteiger partial charge >= 0.3 is 11.9 Å². The predicted octanol–water partition coefficient (Wildman–Crippen LogP) is 3.47. The molecule has 8 heteroatoms. The molecule has 2 rings (SSSR count). The third-order valence-electron chi connectivity index (χ3n) is 4.71. The van der Waals surface area contributed by atoms with E-state index in [1.807, 2.05) is 30.3 Å². The number of esters is 2. The molecule has 0 aliphatic rings. The molecule has 2 aromatic carbocycles. The summed E-state index contributed by atoms with van der Waals surface area (Å²) in [7, 11) is -2.57. The average molecular weight is 486 g/mol. The maximum absolute atomic E-state index is 12.6. The molecule has 0 saturated carbocycles. The molecule has 1 N–H and O–H groups in total. The molecule has 0 amide bonds. The van der Waals surface area contributed by atoms with Crippen LogP contribution in [0.5, 0.6) is 0 Å². The fourth-order valence-electron chi connectivity index (χ4n) is 3.09. The maximum atomic E-state index is 12.6. The molecule has 0 aromatic heterocycles. The Morgan fingerprint density at radius 3 is 2.41 bits per heavy atom. The SMILES string of the molecule is COC(=O)C(CC#Cc1cccc(S(=O)(=O)NCC(=O)OC(C)(C)C)c1)CCc1ccccc1. The van der Waals surface area contributed by atoms with Crippen molar-refractivity contribution in [2.75, 3.05) is 13.7 Å². The zero-order valence-electron chi connectivity index (χ0n) is 20.0. The fraction of sp³-hybridized carbons (Fsp3) is 0.385. The van der Waals surface area contributed by atoms with Gasteiger partial charge in [-0.25, -0.2) is 8.42 Å². The summed E-state index contributed by atoms with van der Waals surface area (Å²) in [5.41, 5.74) is 0.897. The normalized spacial score (nSPS) is 12.2. The molecular formula is C26H31NO6S. The number of sulfonamides is 1. The van der Waals surface area contributed by atoms with E-state index in [0.717, 1.165) is 12.0 Å². The van der Waals surface area contributed by atoms with E-state index < -0.39 is 28.1 Å². The van der Waals surface area contributed by atoms with Gasteiger partial charge in [0.1, 0.15) is 12.1 Å². The Morgan fingerprint density at radius 2 is 1.76 bits per heavy atom. The monoisotopic (exact) mass is 485 g/mol. The molecule has 1 atom stereocenters. The Hall–Kier alpha value is -3.15. The van der Waals surface area contributed by atoms with E-state index in [-0.39, 0.29) is 23.2 Å². The summed E-state index contributed by atoms with van der Waals surface area (Å²) >= 11 is 0. The molecular weight excluding hydrogens is 454 g/mol. The Kier molecular flexibility index (Phi) is 9.84. The number of aryl methyl sites for hydroxylation is 1. The van der Waals surface area contributed by atoms with Gasteiger partial charge in [0.2, 0.25) is 10.0 Å². The Morgan fingerprint density at radius 1 is 1.06 bits per heavy atom. The highest BCUT2D eigenvalue weighted by Gasteiger charge is 2.20. The number of nitrogens with one attached hydrogen (secondary N) is 1. The van der Waals surface area contributed by atoms with Crippen molar-refractivity contribution in [1.82, 2.24) is 4.72 Å². The van der Waals surface area contributed by atoms with Crippen molar-refractivity contribution in [1.29, 1.82) is 0 Å². The minimum absolute atomic E-state index is 0.0172. The quantitative estimate of drug-likeness (QED) is 0.431. The van der Waals surface area contributed by atoms with Crippen LogP contribution in [0.3, 0.4) is 0 Å². The highest BCUT2D eigenvalue weighted by molar-refractivity contribution is 7.89. The van der Waals surface area contributed by atoms with Crippen LogP contribution in [0, 0.1) is 17.8 Å². The first-order valence-corrected chi connectivity index (χ1v) is 12.4. The van der Waals surface area contributed by atoms with E-state index >= 15 is 0 Å². The third-order valence-corrected chi connectivity index (χ3v) is 6.11. The number of rotatable bonds is 9. The number of ether oxygens (including phenoxy) is 2. The van der Waals surface area contributed by atoms with Gasteiger partial charge in [-0.05, 0) is 57.4 Å². The van der Waals surface area contributed by atoms with Crippen LogP contribution in [-0.4, -0.2) is 39.6 Å². The van der Waals surface area contributed by atoms with Gasteiger partial charge < -0.3 is 9.47 Å². The molecule has 0 bridgehead atoms. The molecule has 2 aromatic rings. The predicted molar refractivity (Wildman–Crippen MR) is 129 cm³/mol. The first-order chi connectivity index (χ1) is 16.0. The summed E-state index contributed by atoms with van der Waals surface area (Å²) in [5.74, 6) is 4.50. The molecule has 0 heterocycles. The standard InChI is InChI=1S/C26H31NO6S/c1-26(2,3)33-24(28)19-27-34(30,31)23-15-9-13-21(18-23)12-8-14-22(25(29)32-4)17-16-20-10-6-5-7-11-20/h5-7,9-11,13,15,18,22,27H,14,16-17,19H2,1-4H3. The second kappa shape index (κ2) is 12.4. The number of hydrogen-bond acceptors (Lipinski definition) is 6. The molecule has 0 aliphatic carbocycles. The summed E-state index contributed by atoms with van der Waals surface area (Å²) < 4.78 is 37.4. The molecule has 7 nitrogen and oxygen atoms in total. The summed E-state index contributed by atoms with van der Waals surface area (Å²) in [4.78, 5) is 24.0. The van der Waals surface area contributed by atoms with Gasteiger partial charge in [0.05, 0.1) is 17.9 Å². The zero-order valence-corrected chi connectivity index (χ0v) is 20.8. The molecule has 0 radical (unpaired) electrons. The minimum Gasteiger partial charge on any atom is -0.469 e. The fourth-order valence-corrected chi connectivity index (χ4v) is 4.10. The van der Waals surface area contributed by atoms with Crippen LogP contribution in [0.15, 0.2) is 59.5 Å². The molecule has 1 unspecified atom stereocenters. The van der Waals surface area contributed by atoms with Crippen molar-refractivity contribution in [3.63, 3.8) is 0 Å². The van der Waals surface area contributed by atoms with Crippen LogP contribution in [0.1, 0.15) is 44.7 Å². The van der Waals surface area contributed by atoms with E-state index in [4.69, 9.17) is 9.47 Å². The van der Waals surface area contributed by atoms with Crippen molar-refractivity contribution in [3.05, 3.63) is 65.7 Å². The average Bonchev–Trinajstić information content (AvgIpc) is 2.79. The summed E-state index contributed by atoms with van der Waals surface area (Å²) in [6, 6.07) is 15.9. The van der Waals surface area contributed by atoms with Gasteiger partial charge in [-0.1, -0.05) is 48.2 Å². The number of hydrogen-bond donors (Lipinski definition) is 1. The van der Waals surface area contributed by atoms with Gasteiger partial charge in [0, 0.05) is 12.0 Å². The lowest BCUT2D eigenvalue weighted by atomic mass is 9.96. The van der Waals surface area contributed by atoms with Gasteiger partial charge in [0.15, 0.2) is 0 Å². The summed E-state index contributed by atoms with van der Waals surface area (Å²) in [6.45, 7) is 4.63. The van der Waals surface area contributed by atoms with Gasteiger partial charge in [-0.2, -0.15) is 4.72 Å². The van der Waals surface area contributed by atoms with Crippen LogP contribution in [0.4, 0.5) is 0 Å². The van der Waals surface area contributed by atoms with Crippen LogP contribution >= 0.6 is 0 Å². The minimum atomic E-state index is -3.92. The first kappa shape index (κ1) is 27.1. The molecule has 182 valence electrons. The number of carbonyl (C=O) groups is 2. The maximum Gasteiger partial charge on any atom is 0.321 e. The number of methoxy groups -OCH3 is 1. The highest BCUT2D eigenvalue weighted by Crippen LogP contribution is 2.16. The number of carbonyl (C=O) groups excluding carboxylic acids is 2. The topological polar surface area (TPSA) is 98.8 Å². The van der Waals surface area contributed by atoms with E-state index in [1.54, 1.807) is 32.9 Å². The van der Waals surface area contributed by atoms with Crippen LogP contribution in [-0.2, 0) is 35.5 Å². The lowest BCUT2D eigenvalue weighted by Gasteiger charge is -2.19. The molecule has 0 saturated heterocycles. The number of benzene rings is 2. The Balaban J connectivity index is 2.04. The molecule has 0 fully saturated rings. The Labute approximate surface area is 201 Å². The second-order valence-electron chi connectivity index (χ2n) is 8.69. The van der Waals surface area contributed by atoms with Crippen molar-refractivity contribution in [2.45, 2.75) is 50.5 Å². The summed E-state index contributed by atoms with van der Waals surface area (Å²) in [6.07, 6.45) is 1.60. The Bertz CT molecular complexity index is 1140. The van der Waals surface area contributed by atoms with Gasteiger partial charge in [0.25, 0.3) is 0 Å².